The summed E-state index contributed by atoms with van der Waals surface area (Å²) in [7, 11) is 0. The van der Waals surface area contributed by atoms with Gasteiger partial charge in [-0.25, -0.2) is 10.3 Å². The zero-order valence-corrected chi connectivity index (χ0v) is 14.3. The number of ether oxygens (including phenoxy) is 1. The number of benzene rings is 2. The highest BCUT2D eigenvalue weighted by molar-refractivity contribution is 6.30. The number of carbonyl (C=O) groups is 1. The first-order valence-electron chi connectivity index (χ1n) is 7.73. The standard InChI is InChI=1S/C18H21ClN2O3/c1-14-12-16(19)8-9-17(14)23-11-5-10-20-18(22)21-24-13-15-6-3-2-4-7-15/h2-4,6-9,12H,5,10-11,13H2,1H3,(H2,20,21,22). The van der Waals surface area contributed by atoms with Crippen molar-refractivity contribution in [3.8, 4) is 5.75 Å². The number of aryl methyl sites for hydroxylation is 1. The first-order chi connectivity index (χ1) is 11.6. The van der Waals surface area contributed by atoms with E-state index < -0.39 is 0 Å². The number of hydrogen-bond donors (Lipinski definition) is 2. The van der Waals surface area contributed by atoms with Gasteiger partial charge in [0.25, 0.3) is 0 Å². The Hall–Kier alpha value is -2.24. The van der Waals surface area contributed by atoms with Crippen LogP contribution in [0.4, 0.5) is 4.79 Å². The smallest absolute Gasteiger partial charge is 0.338 e. The molecule has 2 aromatic rings. The van der Waals surface area contributed by atoms with Crippen molar-refractivity contribution in [3.63, 3.8) is 0 Å². The van der Waals surface area contributed by atoms with E-state index in [0.29, 0.717) is 31.2 Å². The Labute approximate surface area is 146 Å². The molecule has 0 heterocycles. The summed E-state index contributed by atoms with van der Waals surface area (Å²) in [5, 5.41) is 3.39. The highest BCUT2D eigenvalue weighted by atomic mass is 35.5. The van der Waals surface area contributed by atoms with E-state index in [9.17, 15) is 4.79 Å². The number of urea groups is 1. The number of hydroxylamine groups is 1. The van der Waals surface area contributed by atoms with E-state index in [0.717, 1.165) is 16.9 Å². The average Bonchev–Trinajstić information content (AvgIpc) is 2.57. The van der Waals surface area contributed by atoms with Crippen molar-refractivity contribution in [2.45, 2.75) is 20.0 Å². The maximum Gasteiger partial charge on any atom is 0.338 e. The molecule has 0 radical (unpaired) electrons. The normalized spacial score (nSPS) is 10.2. The van der Waals surface area contributed by atoms with Crippen LogP contribution in [0.5, 0.6) is 5.75 Å². The van der Waals surface area contributed by atoms with Gasteiger partial charge in [0.2, 0.25) is 0 Å². The summed E-state index contributed by atoms with van der Waals surface area (Å²) < 4.78 is 5.65. The van der Waals surface area contributed by atoms with Gasteiger partial charge in [-0.2, -0.15) is 0 Å². The molecule has 2 rings (SSSR count). The molecule has 128 valence electrons. The van der Waals surface area contributed by atoms with Crippen molar-refractivity contribution in [3.05, 3.63) is 64.7 Å². The molecule has 0 fully saturated rings. The maximum atomic E-state index is 11.6. The van der Waals surface area contributed by atoms with Gasteiger partial charge in [-0.05, 0) is 42.7 Å². The minimum absolute atomic E-state index is 0.327. The molecule has 5 nitrogen and oxygen atoms in total. The largest absolute Gasteiger partial charge is 0.493 e. The van der Waals surface area contributed by atoms with Gasteiger partial charge in [-0.1, -0.05) is 41.9 Å². The fourth-order valence-corrected chi connectivity index (χ4v) is 2.25. The van der Waals surface area contributed by atoms with Gasteiger partial charge in [-0.3, -0.25) is 4.84 Å². The van der Waals surface area contributed by atoms with E-state index in [2.05, 4.69) is 10.8 Å². The van der Waals surface area contributed by atoms with Crippen molar-refractivity contribution < 1.29 is 14.4 Å². The zero-order valence-electron chi connectivity index (χ0n) is 13.5. The molecule has 24 heavy (non-hydrogen) atoms. The predicted octanol–water partition coefficient (Wildman–Crippen LogP) is 3.85. The third kappa shape index (κ3) is 6.48. The molecule has 0 spiro atoms. The van der Waals surface area contributed by atoms with Crippen molar-refractivity contribution in [1.82, 2.24) is 10.8 Å². The Balaban J connectivity index is 1.54. The molecule has 0 unspecified atom stereocenters. The summed E-state index contributed by atoms with van der Waals surface area (Å²) in [6.07, 6.45) is 0.689. The molecule has 0 aliphatic heterocycles. The Morgan fingerprint density at radius 1 is 1.17 bits per heavy atom. The quantitative estimate of drug-likeness (QED) is 0.562. The van der Waals surface area contributed by atoms with E-state index in [1.165, 1.54) is 0 Å². The van der Waals surface area contributed by atoms with E-state index in [1.54, 1.807) is 6.07 Å². The lowest BCUT2D eigenvalue weighted by atomic mass is 10.2. The van der Waals surface area contributed by atoms with Gasteiger partial charge in [-0.15, -0.1) is 0 Å². The zero-order chi connectivity index (χ0) is 17.2. The minimum Gasteiger partial charge on any atom is -0.493 e. The Morgan fingerprint density at radius 3 is 2.71 bits per heavy atom. The molecule has 2 amide bonds. The van der Waals surface area contributed by atoms with Crippen LogP contribution in [0.15, 0.2) is 48.5 Å². The second-order valence-electron chi connectivity index (χ2n) is 5.24. The third-order valence-electron chi connectivity index (χ3n) is 3.25. The van der Waals surface area contributed by atoms with E-state index in [-0.39, 0.29) is 6.03 Å². The lowest BCUT2D eigenvalue weighted by molar-refractivity contribution is 0.0490. The summed E-state index contributed by atoms with van der Waals surface area (Å²) in [6.45, 7) is 3.27. The first-order valence-corrected chi connectivity index (χ1v) is 8.11. The third-order valence-corrected chi connectivity index (χ3v) is 3.48. The Bertz CT molecular complexity index is 650. The highest BCUT2D eigenvalue weighted by Gasteiger charge is 2.02. The Morgan fingerprint density at radius 2 is 1.96 bits per heavy atom. The number of nitrogens with one attached hydrogen (secondary N) is 2. The number of rotatable bonds is 8. The minimum atomic E-state index is -0.367. The lowest BCUT2D eigenvalue weighted by Gasteiger charge is -2.10. The van der Waals surface area contributed by atoms with Crippen molar-refractivity contribution >= 4 is 17.6 Å². The molecule has 0 saturated carbocycles. The van der Waals surface area contributed by atoms with Gasteiger partial charge in [0.15, 0.2) is 0 Å². The summed E-state index contributed by atoms with van der Waals surface area (Å²) in [5.41, 5.74) is 4.33. The van der Waals surface area contributed by atoms with Crippen LogP contribution in [0.25, 0.3) is 0 Å². The average molecular weight is 349 g/mol. The molecule has 0 aromatic heterocycles. The van der Waals surface area contributed by atoms with Crippen LogP contribution in [0.2, 0.25) is 5.02 Å². The van der Waals surface area contributed by atoms with Crippen LogP contribution < -0.4 is 15.5 Å². The number of hydrogen-bond acceptors (Lipinski definition) is 3. The maximum absolute atomic E-state index is 11.6. The van der Waals surface area contributed by atoms with Crippen molar-refractivity contribution in [2.75, 3.05) is 13.2 Å². The summed E-state index contributed by atoms with van der Waals surface area (Å²) in [6, 6.07) is 14.7. The van der Waals surface area contributed by atoms with Crippen LogP contribution >= 0.6 is 11.6 Å². The molecule has 0 bridgehead atoms. The van der Waals surface area contributed by atoms with Gasteiger partial charge in [0, 0.05) is 11.6 Å². The molecular weight excluding hydrogens is 328 g/mol. The fourth-order valence-electron chi connectivity index (χ4n) is 2.03. The predicted molar refractivity (Wildman–Crippen MR) is 94.1 cm³/mol. The van der Waals surface area contributed by atoms with Gasteiger partial charge in [0.1, 0.15) is 5.75 Å². The van der Waals surface area contributed by atoms with Crippen LogP contribution in [0.3, 0.4) is 0 Å². The van der Waals surface area contributed by atoms with Crippen LogP contribution in [-0.2, 0) is 11.4 Å². The molecule has 0 aliphatic carbocycles. The number of amides is 2. The topological polar surface area (TPSA) is 59.6 Å². The van der Waals surface area contributed by atoms with E-state index in [1.807, 2.05) is 49.4 Å². The monoisotopic (exact) mass is 348 g/mol. The second-order valence-corrected chi connectivity index (χ2v) is 5.68. The van der Waals surface area contributed by atoms with Crippen LogP contribution in [0, 0.1) is 6.92 Å². The lowest BCUT2D eigenvalue weighted by Crippen LogP contribution is -2.36. The highest BCUT2D eigenvalue weighted by Crippen LogP contribution is 2.21. The molecule has 0 aliphatic rings. The molecule has 0 atom stereocenters. The van der Waals surface area contributed by atoms with Crippen molar-refractivity contribution in [1.29, 1.82) is 0 Å². The van der Waals surface area contributed by atoms with Gasteiger partial charge < -0.3 is 10.1 Å². The van der Waals surface area contributed by atoms with Crippen LogP contribution in [-0.4, -0.2) is 19.2 Å². The number of carbonyl (C=O) groups excluding carboxylic acids is 1. The molecule has 0 saturated heterocycles. The molecule has 2 aromatic carbocycles. The first kappa shape index (κ1) is 18.1. The van der Waals surface area contributed by atoms with Crippen LogP contribution in [0.1, 0.15) is 17.5 Å². The summed E-state index contributed by atoms with van der Waals surface area (Å²) in [5.74, 6) is 0.801. The molecule has 2 N–H and O–H groups in total. The fraction of sp³-hybridized carbons (Fsp3) is 0.278. The van der Waals surface area contributed by atoms with E-state index in [4.69, 9.17) is 21.2 Å². The second kappa shape index (κ2) is 9.80. The van der Waals surface area contributed by atoms with Gasteiger partial charge in [0.05, 0.1) is 13.2 Å². The summed E-state index contributed by atoms with van der Waals surface area (Å²) in [4.78, 5) is 16.7. The van der Waals surface area contributed by atoms with E-state index >= 15 is 0 Å². The molecular formula is C18H21ClN2O3. The Kier molecular flexibility index (Phi) is 7.39. The van der Waals surface area contributed by atoms with Crippen molar-refractivity contribution in [2.24, 2.45) is 0 Å². The SMILES string of the molecule is Cc1cc(Cl)ccc1OCCCNC(=O)NOCc1ccccc1. The summed E-state index contributed by atoms with van der Waals surface area (Å²) >= 11 is 5.89. The molecule has 6 heteroatoms. The van der Waals surface area contributed by atoms with Gasteiger partial charge >= 0.3 is 6.03 Å². The number of halogens is 1.